The molecule has 0 bridgehead atoms. The van der Waals surface area contributed by atoms with Gasteiger partial charge in [-0.1, -0.05) is 25.1 Å². The number of thiophene rings is 1. The van der Waals surface area contributed by atoms with Gasteiger partial charge in [0.25, 0.3) is 0 Å². The number of anilines is 1. The lowest BCUT2D eigenvalue weighted by atomic mass is 9.99. The van der Waals surface area contributed by atoms with Crippen molar-refractivity contribution in [2.75, 3.05) is 26.5 Å². The Kier molecular flexibility index (Phi) is 6.21. The predicted octanol–water partition coefficient (Wildman–Crippen LogP) is 6.00. The fraction of sp³-hybridized carbons (Fsp3) is 0.286. The molecular weight excluding hydrogens is 456 g/mol. The van der Waals surface area contributed by atoms with Gasteiger partial charge in [-0.15, -0.1) is 11.3 Å². The zero-order valence-electron chi connectivity index (χ0n) is 20.5. The molecular formula is C28H30N4O2S. The number of hydrogen-bond acceptors (Lipinski definition) is 5. The summed E-state index contributed by atoms with van der Waals surface area (Å²) in [6.45, 7) is 2.98. The Bertz CT molecular complexity index is 1390. The van der Waals surface area contributed by atoms with Gasteiger partial charge in [0, 0.05) is 22.5 Å². The first-order valence-corrected chi connectivity index (χ1v) is 12.6. The smallest absolute Gasteiger partial charge is 0.230 e. The normalized spacial score (nSPS) is 19.5. The van der Waals surface area contributed by atoms with E-state index in [1.165, 1.54) is 10.4 Å². The first kappa shape index (κ1) is 23.3. The van der Waals surface area contributed by atoms with Crippen LogP contribution in [-0.4, -0.2) is 42.2 Å². The number of aromatic amines is 1. The Balaban J connectivity index is 1.27. The number of nitrogens with one attached hydrogen (secondary N) is 2. The SMILES string of the molecule is COc1ccc(NC(=O)[C@]2(C)C[C@H]2c2ccc3c(/C=C/c4csc(CN(C)C)c4)n[nH]c3c2)cc1. The Labute approximate surface area is 209 Å². The van der Waals surface area contributed by atoms with Crippen LogP contribution in [0.25, 0.3) is 23.1 Å². The summed E-state index contributed by atoms with van der Waals surface area (Å²) in [6, 6.07) is 16.0. The lowest BCUT2D eigenvalue weighted by Gasteiger charge is -2.13. The van der Waals surface area contributed by atoms with E-state index in [0.717, 1.165) is 46.6 Å². The first-order chi connectivity index (χ1) is 16.9. The van der Waals surface area contributed by atoms with Gasteiger partial charge in [-0.3, -0.25) is 9.89 Å². The van der Waals surface area contributed by atoms with Gasteiger partial charge in [-0.25, -0.2) is 0 Å². The molecule has 0 aliphatic heterocycles. The standard InChI is InChI=1S/C28H30N4O2S/c1-28(27(33)29-20-7-9-21(34-4)10-8-20)15-24(28)19-6-11-23-25(30-31-26(23)14-19)12-5-18-13-22(35-17-18)16-32(2)3/h5-14,17,24H,15-16H2,1-4H3,(H,29,33)(H,30,31)/b12-5+/t24-,28+/m0/s1. The van der Waals surface area contributed by atoms with Crippen LogP contribution in [0.15, 0.2) is 53.9 Å². The fourth-order valence-electron chi connectivity index (χ4n) is 4.51. The van der Waals surface area contributed by atoms with Crippen LogP contribution in [0.2, 0.25) is 0 Å². The highest BCUT2D eigenvalue weighted by atomic mass is 32.1. The summed E-state index contributed by atoms with van der Waals surface area (Å²) >= 11 is 1.78. The van der Waals surface area contributed by atoms with E-state index < -0.39 is 5.41 Å². The van der Waals surface area contributed by atoms with Crippen molar-refractivity contribution >= 4 is 46.0 Å². The van der Waals surface area contributed by atoms with Crippen molar-refractivity contribution in [1.29, 1.82) is 0 Å². The number of benzene rings is 2. The molecule has 2 aromatic heterocycles. The molecule has 6 nitrogen and oxygen atoms in total. The Morgan fingerprint density at radius 3 is 2.77 bits per heavy atom. The molecule has 4 aromatic rings. The molecule has 7 heteroatoms. The second-order valence-corrected chi connectivity index (χ2v) is 10.7. The van der Waals surface area contributed by atoms with Crippen LogP contribution in [-0.2, 0) is 11.3 Å². The number of carbonyl (C=O) groups excluding carboxylic acids is 1. The highest BCUT2D eigenvalue weighted by molar-refractivity contribution is 7.10. The third-order valence-corrected chi connectivity index (χ3v) is 7.64. The Morgan fingerprint density at radius 1 is 1.23 bits per heavy atom. The van der Waals surface area contributed by atoms with Crippen LogP contribution in [0, 0.1) is 5.41 Å². The van der Waals surface area contributed by atoms with Crippen LogP contribution in [0.3, 0.4) is 0 Å². The highest BCUT2D eigenvalue weighted by Gasteiger charge is 2.56. The molecule has 1 saturated carbocycles. The second kappa shape index (κ2) is 9.32. The topological polar surface area (TPSA) is 70.2 Å². The summed E-state index contributed by atoms with van der Waals surface area (Å²) in [5.74, 6) is 1.00. The number of H-pyrrole nitrogens is 1. The second-order valence-electron chi connectivity index (χ2n) is 9.69. The van der Waals surface area contributed by atoms with Crippen LogP contribution in [0.5, 0.6) is 5.75 Å². The van der Waals surface area contributed by atoms with Crippen LogP contribution in [0.1, 0.15) is 41.0 Å². The van der Waals surface area contributed by atoms with E-state index in [-0.39, 0.29) is 11.8 Å². The number of nitrogens with zero attached hydrogens (tertiary/aromatic N) is 2. The van der Waals surface area contributed by atoms with Crippen molar-refractivity contribution < 1.29 is 9.53 Å². The van der Waals surface area contributed by atoms with Crippen molar-refractivity contribution in [3.8, 4) is 5.75 Å². The maximum atomic E-state index is 13.0. The minimum atomic E-state index is -0.417. The summed E-state index contributed by atoms with van der Waals surface area (Å²) in [5.41, 5.74) is 4.63. The number of methoxy groups -OCH3 is 1. The zero-order chi connectivity index (χ0) is 24.6. The number of carbonyl (C=O) groups is 1. The fourth-order valence-corrected chi connectivity index (χ4v) is 5.48. The van der Waals surface area contributed by atoms with Gasteiger partial charge in [0.15, 0.2) is 0 Å². The van der Waals surface area contributed by atoms with Crippen molar-refractivity contribution in [2.45, 2.75) is 25.8 Å². The lowest BCUT2D eigenvalue weighted by Crippen LogP contribution is -2.23. The summed E-state index contributed by atoms with van der Waals surface area (Å²) in [7, 11) is 5.79. The number of aromatic nitrogens is 2. The predicted molar refractivity (Wildman–Crippen MR) is 144 cm³/mol. The average molecular weight is 487 g/mol. The summed E-state index contributed by atoms with van der Waals surface area (Å²) in [5, 5.41) is 14.0. The number of amides is 1. The van der Waals surface area contributed by atoms with E-state index >= 15 is 0 Å². The Morgan fingerprint density at radius 2 is 2.03 bits per heavy atom. The molecule has 180 valence electrons. The van der Waals surface area contributed by atoms with Crippen LogP contribution >= 0.6 is 11.3 Å². The lowest BCUT2D eigenvalue weighted by molar-refractivity contribution is -0.120. The van der Waals surface area contributed by atoms with Crippen molar-refractivity contribution in [3.05, 3.63) is 75.6 Å². The monoisotopic (exact) mass is 486 g/mol. The number of hydrogen-bond donors (Lipinski definition) is 2. The van der Waals surface area contributed by atoms with E-state index in [1.54, 1.807) is 18.4 Å². The summed E-state index contributed by atoms with van der Waals surface area (Å²) in [4.78, 5) is 16.5. The third kappa shape index (κ3) is 4.88. The molecule has 0 radical (unpaired) electrons. The van der Waals surface area contributed by atoms with E-state index in [2.05, 4.69) is 76.3 Å². The van der Waals surface area contributed by atoms with E-state index in [9.17, 15) is 4.79 Å². The van der Waals surface area contributed by atoms with Crippen molar-refractivity contribution in [3.63, 3.8) is 0 Å². The van der Waals surface area contributed by atoms with Gasteiger partial charge in [0.05, 0.1) is 23.7 Å². The zero-order valence-corrected chi connectivity index (χ0v) is 21.3. The maximum Gasteiger partial charge on any atom is 0.230 e. The quantitative estimate of drug-likeness (QED) is 0.321. The van der Waals surface area contributed by atoms with Crippen LogP contribution < -0.4 is 10.1 Å². The molecule has 1 aliphatic carbocycles. The molecule has 2 aromatic carbocycles. The van der Waals surface area contributed by atoms with Crippen molar-refractivity contribution in [2.24, 2.45) is 5.41 Å². The number of rotatable bonds is 8. The van der Waals surface area contributed by atoms with Gasteiger partial charge >= 0.3 is 0 Å². The summed E-state index contributed by atoms with van der Waals surface area (Å²) in [6.07, 6.45) is 5.00. The summed E-state index contributed by atoms with van der Waals surface area (Å²) < 4.78 is 5.19. The molecule has 2 N–H and O–H groups in total. The van der Waals surface area contributed by atoms with Gasteiger partial charge in [0.1, 0.15) is 5.75 Å². The Hall–Kier alpha value is -3.42. The molecule has 35 heavy (non-hydrogen) atoms. The van der Waals surface area contributed by atoms with Crippen molar-refractivity contribution in [1.82, 2.24) is 15.1 Å². The molecule has 2 atom stereocenters. The average Bonchev–Trinajstić information content (AvgIpc) is 3.15. The number of fused-ring (bicyclic) bond motifs is 1. The van der Waals surface area contributed by atoms with E-state index in [0.29, 0.717) is 0 Å². The highest BCUT2D eigenvalue weighted by Crippen LogP contribution is 2.59. The molecule has 0 unspecified atom stereocenters. The van der Waals surface area contributed by atoms with Gasteiger partial charge in [0.2, 0.25) is 5.91 Å². The van der Waals surface area contributed by atoms with E-state index in [4.69, 9.17) is 4.74 Å². The molecule has 0 saturated heterocycles. The molecule has 0 spiro atoms. The third-order valence-electron chi connectivity index (χ3n) is 6.70. The molecule has 1 fully saturated rings. The first-order valence-electron chi connectivity index (χ1n) is 11.7. The van der Waals surface area contributed by atoms with E-state index in [1.807, 2.05) is 31.2 Å². The van der Waals surface area contributed by atoms with Gasteiger partial charge in [-0.2, -0.15) is 5.10 Å². The maximum absolute atomic E-state index is 13.0. The molecule has 1 aliphatic rings. The van der Waals surface area contributed by atoms with Crippen LogP contribution in [0.4, 0.5) is 5.69 Å². The minimum absolute atomic E-state index is 0.0467. The van der Waals surface area contributed by atoms with Gasteiger partial charge < -0.3 is 15.0 Å². The largest absolute Gasteiger partial charge is 0.497 e. The molecule has 1 amide bonds. The number of ether oxygens (including phenoxy) is 1. The van der Waals surface area contributed by atoms with Gasteiger partial charge in [-0.05, 0) is 85.4 Å². The molecule has 5 rings (SSSR count). The molecule has 2 heterocycles. The minimum Gasteiger partial charge on any atom is -0.497 e.